The second-order valence-electron chi connectivity index (χ2n) is 4.03. The van der Waals surface area contributed by atoms with Crippen LogP contribution in [0.25, 0.3) is 0 Å². The Hall–Kier alpha value is -1.13. The number of carbonyl (C=O) groups is 1. The number of thiophene rings is 1. The fraction of sp³-hybridized carbons (Fsp3) is 0.462. The van der Waals surface area contributed by atoms with Gasteiger partial charge in [-0.2, -0.15) is 11.3 Å². The molecule has 0 aliphatic rings. The molecule has 2 N–H and O–H groups in total. The average molecular weight is 253 g/mol. The first-order valence-electron chi connectivity index (χ1n) is 5.80. The highest BCUT2D eigenvalue weighted by Crippen LogP contribution is 2.08. The predicted molar refractivity (Wildman–Crippen MR) is 71.5 cm³/mol. The second kappa shape index (κ2) is 7.25. The molecule has 0 bridgehead atoms. The predicted octanol–water partition coefficient (Wildman–Crippen LogP) is 2.69. The van der Waals surface area contributed by atoms with Crippen molar-refractivity contribution in [1.29, 1.82) is 0 Å². The van der Waals surface area contributed by atoms with Gasteiger partial charge in [-0.15, -0.1) is 0 Å². The molecule has 1 atom stereocenters. The summed E-state index contributed by atoms with van der Waals surface area (Å²) in [5, 5.41) is 16.4. The minimum atomic E-state index is -0.820. The lowest BCUT2D eigenvalue weighted by Crippen LogP contribution is -2.28. The third-order valence-electron chi connectivity index (χ3n) is 2.59. The molecule has 17 heavy (non-hydrogen) atoms. The normalized spacial score (nSPS) is 13.6. The lowest BCUT2D eigenvalue weighted by atomic mass is 10.1. The monoisotopic (exact) mass is 253 g/mol. The molecule has 1 rings (SSSR count). The van der Waals surface area contributed by atoms with E-state index in [-0.39, 0.29) is 0 Å². The molecule has 1 aromatic heterocycles. The van der Waals surface area contributed by atoms with Crippen LogP contribution in [0.1, 0.15) is 25.8 Å². The zero-order valence-electron chi connectivity index (χ0n) is 10.3. The largest absolute Gasteiger partial charge is 0.478 e. The number of hydrogen-bond acceptors (Lipinski definition) is 3. The molecule has 0 aromatic carbocycles. The maximum atomic E-state index is 10.8. The maximum Gasteiger partial charge on any atom is 0.331 e. The summed E-state index contributed by atoms with van der Waals surface area (Å²) in [6, 6.07) is 2.47. The summed E-state index contributed by atoms with van der Waals surface area (Å²) in [6.45, 7) is 4.58. The van der Waals surface area contributed by atoms with Crippen molar-refractivity contribution in [2.24, 2.45) is 0 Å². The van der Waals surface area contributed by atoms with Gasteiger partial charge in [0, 0.05) is 18.2 Å². The summed E-state index contributed by atoms with van der Waals surface area (Å²) >= 11 is 1.70. The van der Waals surface area contributed by atoms with Crippen LogP contribution in [0.4, 0.5) is 0 Å². The second-order valence-corrected chi connectivity index (χ2v) is 4.81. The third-order valence-corrected chi connectivity index (χ3v) is 3.32. The molecule has 94 valence electrons. The Bertz CT molecular complexity index is 371. The minimum Gasteiger partial charge on any atom is -0.478 e. The van der Waals surface area contributed by atoms with E-state index in [1.54, 1.807) is 17.4 Å². The molecule has 0 radical (unpaired) electrons. The van der Waals surface area contributed by atoms with Crippen molar-refractivity contribution in [2.75, 3.05) is 6.54 Å². The minimum absolute atomic E-state index is 0.354. The molecule has 1 heterocycles. The fourth-order valence-electron chi connectivity index (χ4n) is 1.60. The standard InChI is InChI=1S/C13H19NO2S/c1-3-12(13(15)16)4-6-14-10(2)8-11-5-7-17-9-11/h4-5,7,9-10,14H,3,6,8H2,1-2H3,(H,15,16)/b12-4-. The summed E-state index contributed by atoms with van der Waals surface area (Å²) < 4.78 is 0. The van der Waals surface area contributed by atoms with Gasteiger partial charge in [0.25, 0.3) is 0 Å². The van der Waals surface area contributed by atoms with Gasteiger partial charge in [0.2, 0.25) is 0 Å². The highest BCUT2D eigenvalue weighted by Gasteiger charge is 2.05. The Kier molecular flexibility index (Phi) is 5.94. The molecular formula is C13H19NO2S. The van der Waals surface area contributed by atoms with Crippen LogP contribution in [0.3, 0.4) is 0 Å². The van der Waals surface area contributed by atoms with Crippen LogP contribution in [0, 0.1) is 0 Å². The molecule has 3 nitrogen and oxygen atoms in total. The maximum absolute atomic E-state index is 10.8. The van der Waals surface area contributed by atoms with Crippen molar-refractivity contribution in [3.05, 3.63) is 34.0 Å². The van der Waals surface area contributed by atoms with Gasteiger partial charge in [-0.1, -0.05) is 13.0 Å². The van der Waals surface area contributed by atoms with Crippen LogP contribution in [0.15, 0.2) is 28.5 Å². The first kappa shape index (κ1) is 13.9. The third kappa shape index (κ3) is 5.15. The molecule has 0 amide bonds. The Labute approximate surface area is 106 Å². The van der Waals surface area contributed by atoms with Crippen LogP contribution in [-0.2, 0) is 11.2 Å². The van der Waals surface area contributed by atoms with E-state index in [2.05, 4.69) is 29.1 Å². The summed E-state index contributed by atoms with van der Waals surface area (Å²) in [6.07, 6.45) is 3.30. The Morgan fingerprint density at radius 1 is 1.65 bits per heavy atom. The van der Waals surface area contributed by atoms with E-state index in [1.807, 2.05) is 6.92 Å². The van der Waals surface area contributed by atoms with Crippen molar-refractivity contribution in [1.82, 2.24) is 5.32 Å². The summed E-state index contributed by atoms with van der Waals surface area (Å²) in [5.41, 5.74) is 1.80. The highest BCUT2D eigenvalue weighted by atomic mass is 32.1. The van der Waals surface area contributed by atoms with Gasteiger partial charge in [0.15, 0.2) is 0 Å². The van der Waals surface area contributed by atoms with Crippen molar-refractivity contribution in [3.8, 4) is 0 Å². The van der Waals surface area contributed by atoms with Crippen LogP contribution < -0.4 is 5.32 Å². The molecule has 4 heteroatoms. The van der Waals surface area contributed by atoms with E-state index in [4.69, 9.17) is 5.11 Å². The summed E-state index contributed by atoms with van der Waals surface area (Å²) in [4.78, 5) is 10.8. The van der Waals surface area contributed by atoms with Crippen molar-refractivity contribution >= 4 is 17.3 Å². The number of carboxylic acids is 1. The van der Waals surface area contributed by atoms with Crippen LogP contribution in [0.5, 0.6) is 0 Å². The van der Waals surface area contributed by atoms with Gasteiger partial charge in [0.1, 0.15) is 0 Å². The Morgan fingerprint density at radius 3 is 2.94 bits per heavy atom. The number of hydrogen-bond donors (Lipinski definition) is 2. The molecule has 0 spiro atoms. The number of aliphatic carboxylic acids is 1. The van der Waals surface area contributed by atoms with Crippen LogP contribution in [0.2, 0.25) is 0 Å². The number of rotatable bonds is 7. The van der Waals surface area contributed by atoms with E-state index in [0.717, 1.165) is 6.42 Å². The molecule has 0 saturated heterocycles. The molecular weight excluding hydrogens is 234 g/mol. The molecule has 0 aliphatic carbocycles. The van der Waals surface area contributed by atoms with Gasteiger partial charge >= 0.3 is 5.97 Å². The van der Waals surface area contributed by atoms with Gasteiger partial charge in [-0.05, 0) is 42.2 Å². The zero-order valence-corrected chi connectivity index (χ0v) is 11.1. The van der Waals surface area contributed by atoms with Crippen molar-refractivity contribution in [3.63, 3.8) is 0 Å². The van der Waals surface area contributed by atoms with Crippen molar-refractivity contribution < 1.29 is 9.90 Å². The van der Waals surface area contributed by atoms with Crippen LogP contribution in [-0.4, -0.2) is 23.7 Å². The van der Waals surface area contributed by atoms with E-state index in [0.29, 0.717) is 24.6 Å². The number of nitrogens with one attached hydrogen (secondary N) is 1. The summed E-state index contributed by atoms with van der Waals surface area (Å²) in [5.74, 6) is -0.820. The topological polar surface area (TPSA) is 49.3 Å². The van der Waals surface area contributed by atoms with Gasteiger partial charge in [-0.25, -0.2) is 4.79 Å². The fourth-order valence-corrected chi connectivity index (χ4v) is 2.28. The molecule has 1 unspecified atom stereocenters. The summed E-state index contributed by atoms with van der Waals surface area (Å²) in [7, 11) is 0. The van der Waals surface area contributed by atoms with E-state index in [1.165, 1.54) is 5.56 Å². The van der Waals surface area contributed by atoms with Gasteiger partial charge in [0.05, 0.1) is 0 Å². The van der Waals surface area contributed by atoms with Crippen molar-refractivity contribution in [2.45, 2.75) is 32.7 Å². The quantitative estimate of drug-likeness (QED) is 0.735. The van der Waals surface area contributed by atoms with E-state index < -0.39 is 5.97 Å². The highest BCUT2D eigenvalue weighted by molar-refractivity contribution is 7.07. The molecule has 0 fully saturated rings. The Balaban J connectivity index is 2.33. The average Bonchev–Trinajstić information content (AvgIpc) is 2.76. The van der Waals surface area contributed by atoms with Gasteiger partial charge in [-0.3, -0.25) is 0 Å². The lowest BCUT2D eigenvalue weighted by molar-refractivity contribution is -0.132. The molecule has 1 aromatic rings. The Morgan fingerprint density at radius 2 is 2.41 bits per heavy atom. The first-order chi connectivity index (χ1) is 8.13. The molecule has 0 saturated carbocycles. The first-order valence-corrected chi connectivity index (χ1v) is 6.74. The van der Waals surface area contributed by atoms with E-state index in [9.17, 15) is 4.79 Å². The van der Waals surface area contributed by atoms with Crippen LogP contribution >= 0.6 is 11.3 Å². The lowest BCUT2D eigenvalue weighted by Gasteiger charge is -2.11. The van der Waals surface area contributed by atoms with Gasteiger partial charge < -0.3 is 10.4 Å². The number of carboxylic acid groups (broad SMARTS) is 1. The SMILES string of the molecule is CC/C(=C/CNC(C)Cc1ccsc1)C(=O)O. The smallest absolute Gasteiger partial charge is 0.331 e. The zero-order chi connectivity index (χ0) is 12.7. The molecule has 0 aliphatic heterocycles. The van der Waals surface area contributed by atoms with E-state index >= 15 is 0 Å².